The van der Waals surface area contributed by atoms with Crippen LogP contribution in [0, 0.1) is 6.92 Å². The number of hydrogen-bond acceptors (Lipinski definition) is 5. The van der Waals surface area contributed by atoms with Gasteiger partial charge in [-0.3, -0.25) is 0 Å². The zero-order valence-electron chi connectivity index (χ0n) is 13.3. The molecule has 7 nitrogen and oxygen atoms in total. The molecule has 2 aliphatic heterocycles. The Morgan fingerprint density at radius 3 is 2.77 bits per heavy atom. The van der Waals surface area contributed by atoms with E-state index in [2.05, 4.69) is 20.2 Å². The molecule has 120 valence electrons. The zero-order valence-corrected chi connectivity index (χ0v) is 13.3. The second-order valence-corrected chi connectivity index (χ2v) is 5.63. The standard InChI is InChI=1S/C15H23N5O2/c1-3-16-15(21)20-5-4-13-12(10-20)14(18-11(2)17-13)19-6-8-22-9-7-19/h3-10H2,1-2H3,(H,16,21). The highest BCUT2D eigenvalue weighted by Gasteiger charge is 2.27. The van der Waals surface area contributed by atoms with E-state index in [1.165, 1.54) is 0 Å². The molecule has 1 N–H and O–H groups in total. The van der Waals surface area contributed by atoms with E-state index in [4.69, 9.17) is 4.74 Å². The first-order valence-corrected chi connectivity index (χ1v) is 7.91. The SMILES string of the molecule is CCNC(=O)N1CCc2nc(C)nc(N3CCOCC3)c2C1. The molecule has 0 atom stereocenters. The quantitative estimate of drug-likeness (QED) is 0.871. The summed E-state index contributed by atoms with van der Waals surface area (Å²) in [5.74, 6) is 1.77. The number of ether oxygens (including phenoxy) is 1. The summed E-state index contributed by atoms with van der Waals surface area (Å²) < 4.78 is 5.43. The molecule has 0 bridgehead atoms. The molecule has 0 spiro atoms. The van der Waals surface area contributed by atoms with E-state index < -0.39 is 0 Å². The molecule has 3 heterocycles. The predicted molar refractivity (Wildman–Crippen MR) is 83.0 cm³/mol. The molecule has 0 aliphatic carbocycles. The average Bonchev–Trinajstić information content (AvgIpc) is 2.54. The molecule has 0 aromatic carbocycles. The van der Waals surface area contributed by atoms with Gasteiger partial charge in [-0.15, -0.1) is 0 Å². The van der Waals surface area contributed by atoms with E-state index in [9.17, 15) is 4.79 Å². The van der Waals surface area contributed by atoms with Crippen molar-refractivity contribution in [2.75, 3.05) is 44.3 Å². The maximum Gasteiger partial charge on any atom is 0.317 e. The van der Waals surface area contributed by atoms with Gasteiger partial charge in [0.1, 0.15) is 11.6 Å². The third kappa shape index (κ3) is 2.99. The molecule has 1 aromatic rings. The Kier molecular flexibility index (Phi) is 4.42. The van der Waals surface area contributed by atoms with E-state index in [1.54, 1.807) is 0 Å². The fraction of sp³-hybridized carbons (Fsp3) is 0.667. The number of rotatable bonds is 2. The maximum atomic E-state index is 12.1. The van der Waals surface area contributed by atoms with Gasteiger partial charge in [0.05, 0.1) is 25.5 Å². The van der Waals surface area contributed by atoms with Crippen molar-refractivity contribution >= 4 is 11.8 Å². The number of nitrogens with one attached hydrogen (secondary N) is 1. The molecule has 3 rings (SSSR count). The Bertz CT molecular complexity index is 557. The van der Waals surface area contributed by atoms with E-state index in [1.807, 2.05) is 18.7 Å². The normalized spacial score (nSPS) is 18.1. The lowest BCUT2D eigenvalue weighted by molar-refractivity contribution is 0.122. The van der Waals surface area contributed by atoms with E-state index >= 15 is 0 Å². The van der Waals surface area contributed by atoms with Gasteiger partial charge in [-0.25, -0.2) is 14.8 Å². The van der Waals surface area contributed by atoms with Crippen LogP contribution in [0.1, 0.15) is 24.0 Å². The van der Waals surface area contributed by atoms with Crippen LogP contribution >= 0.6 is 0 Å². The van der Waals surface area contributed by atoms with Crippen LogP contribution in [0.25, 0.3) is 0 Å². The minimum Gasteiger partial charge on any atom is -0.378 e. The lowest BCUT2D eigenvalue weighted by atomic mass is 10.1. The molecule has 22 heavy (non-hydrogen) atoms. The van der Waals surface area contributed by atoms with Gasteiger partial charge in [0, 0.05) is 38.2 Å². The molecule has 7 heteroatoms. The monoisotopic (exact) mass is 305 g/mol. The Morgan fingerprint density at radius 1 is 1.27 bits per heavy atom. The van der Waals surface area contributed by atoms with Crippen molar-refractivity contribution in [2.45, 2.75) is 26.8 Å². The minimum absolute atomic E-state index is 0.0124. The van der Waals surface area contributed by atoms with Crippen molar-refractivity contribution < 1.29 is 9.53 Å². The maximum absolute atomic E-state index is 12.1. The summed E-state index contributed by atoms with van der Waals surface area (Å²) >= 11 is 0. The number of aromatic nitrogens is 2. The highest BCUT2D eigenvalue weighted by atomic mass is 16.5. The number of nitrogens with zero attached hydrogens (tertiary/aromatic N) is 4. The summed E-state index contributed by atoms with van der Waals surface area (Å²) in [7, 11) is 0. The Balaban J connectivity index is 1.88. The number of carbonyl (C=O) groups is 1. The highest BCUT2D eigenvalue weighted by molar-refractivity contribution is 5.74. The molecule has 1 fully saturated rings. The van der Waals surface area contributed by atoms with Gasteiger partial charge >= 0.3 is 6.03 Å². The first-order chi connectivity index (χ1) is 10.7. The molecule has 1 aromatic heterocycles. The van der Waals surface area contributed by atoms with Crippen LogP contribution in [0.15, 0.2) is 0 Å². The first kappa shape index (κ1) is 15.0. The lowest BCUT2D eigenvalue weighted by Gasteiger charge is -2.34. The molecule has 2 aliphatic rings. The first-order valence-electron chi connectivity index (χ1n) is 7.91. The number of amides is 2. The summed E-state index contributed by atoms with van der Waals surface area (Å²) in [5, 5.41) is 2.87. The van der Waals surface area contributed by atoms with Crippen molar-refractivity contribution in [3.05, 3.63) is 17.1 Å². The van der Waals surface area contributed by atoms with Gasteiger partial charge in [-0.05, 0) is 13.8 Å². The highest BCUT2D eigenvalue weighted by Crippen LogP contribution is 2.27. The molecule has 1 saturated heterocycles. The second kappa shape index (κ2) is 6.48. The molecular formula is C15H23N5O2. The predicted octanol–water partition coefficient (Wildman–Crippen LogP) is 0.709. The van der Waals surface area contributed by atoms with Crippen LogP contribution in [-0.2, 0) is 17.7 Å². The third-order valence-electron chi connectivity index (χ3n) is 4.08. The zero-order chi connectivity index (χ0) is 15.5. The molecular weight excluding hydrogens is 282 g/mol. The summed E-state index contributed by atoms with van der Waals surface area (Å²) in [5.41, 5.74) is 2.17. The number of morpholine rings is 1. The Labute approximate surface area is 130 Å². The molecule has 2 amide bonds. The second-order valence-electron chi connectivity index (χ2n) is 5.63. The average molecular weight is 305 g/mol. The number of anilines is 1. The summed E-state index contributed by atoms with van der Waals surface area (Å²) in [6, 6.07) is -0.0124. The molecule has 0 radical (unpaired) electrons. The number of hydrogen-bond donors (Lipinski definition) is 1. The van der Waals surface area contributed by atoms with Crippen LogP contribution in [0.4, 0.5) is 10.6 Å². The number of aryl methyl sites for hydroxylation is 1. The van der Waals surface area contributed by atoms with Crippen LogP contribution < -0.4 is 10.2 Å². The van der Waals surface area contributed by atoms with Gasteiger partial charge in [0.2, 0.25) is 0 Å². The Morgan fingerprint density at radius 2 is 2.05 bits per heavy atom. The summed E-state index contributed by atoms with van der Waals surface area (Å²) in [6.07, 6.45) is 0.785. The number of carbonyl (C=O) groups excluding carboxylic acids is 1. The van der Waals surface area contributed by atoms with Gasteiger partial charge in [0.25, 0.3) is 0 Å². The third-order valence-corrected chi connectivity index (χ3v) is 4.08. The van der Waals surface area contributed by atoms with Crippen molar-refractivity contribution in [3.8, 4) is 0 Å². The topological polar surface area (TPSA) is 70.6 Å². The fourth-order valence-corrected chi connectivity index (χ4v) is 2.99. The largest absolute Gasteiger partial charge is 0.378 e. The van der Waals surface area contributed by atoms with Crippen LogP contribution in [-0.4, -0.2) is 60.3 Å². The smallest absolute Gasteiger partial charge is 0.317 e. The van der Waals surface area contributed by atoms with Gasteiger partial charge in [-0.2, -0.15) is 0 Å². The van der Waals surface area contributed by atoms with Crippen molar-refractivity contribution in [3.63, 3.8) is 0 Å². The van der Waals surface area contributed by atoms with Crippen LogP contribution in [0.2, 0.25) is 0 Å². The van der Waals surface area contributed by atoms with Crippen LogP contribution in [0.3, 0.4) is 0 Å². The van der Waals surface area contributed by atoms with Crippen molar-refractivity contribution in [1.82, 2.24) is 20.2 Å². The van der Waals surface area contributed by atoms with E-state index in [0.29, 0.717) is 19.6 Å². The van der Waals surface area contributed by atoms with Gasteiger partial charge in [-0.1, -0.05) is 0 Å². The fourth-order valence-electron chi connectivity index (χ4n) is 2.99. The van der Waals surface area contributed by atoms with Crippen molar-refractivity contribution in [2.24, 2.45) is 0 Å². The molecule has 0 saturated carbocycles. The molecule has 0 unspecified atom stereocenters. The summed E-state index contributed by atoms with van der Waals surface area (Å²) in [6.45, 7) is 8.90. The van der Waals surface area contributed by atoms with Crippen LogP contribution in [0.5, 0.6) is 0 Å². The van der Waals surface area contributed by atoms with Gasteiger partial charge in [0.15, 0.2) is 0 Å². The van der Waals surface area contributed by atoms with Crippen molar-refractivity contribution in [1.29, 1.82) is 0 Å². The Hall–Kier alpha value is -1.89. The minimum atomic E-state index is -0.0124. The number of fused-ring (bicyclic) bond motifs is 1. The van der Waals surface area contributed by atoms with E-state index in [0.717, 1.165) is 55.6 Å². The van der Waals surface area contributed by atoms with Gasteiger partial charge < -0.3 is 19.9 Å². The summed E-state index contributed by atoms with van der Waals surface area (Å²) in [4.78, 5) is 25.4. The lowest BCUT2D eigenvalue weighted by Crippen LogP contribution is -2.44. The number of urea groups is 1. The van der Waals surface area contributed by atoms with E-state index in [-0.39, 0.29) is 6.03 Å².